The van der Waals surface area contributed by atoms with Gasteiger partial charge >= 0.3 is 0 Å². The molecule has 2 fully saturated rings. The van der Waals surface area contributed by atoms with Crippen LogP contribution in [0.25, 0.3) is 11.4 Å². The quantitative estimate of drug-likeness (QED) is 0.606. The van der Waals surface area contributed by atoms with Crippen LogP contribution in [0.4, 0.5) is 0 Å². The van der Waals surface area contributed by atoms with Gasteiger partial charge in [-0.1, -0.05) is 6.92 Å². The highest BCUT2D eigenvalue weighted by molar-refractivity contribution is 5.78. The summed E-state index contributed by atoms with van der Waals surface area (Å²) in [5.74, 6) is 1.59. The van der Waals surface area contributed by atoms with Crippen LogP contribution in [0.15, 0.2) is 12.4 Å². The molecule has 2 aromatic heterocycles. The van der Waals surface area contributed by atoms with E-state index in [1.807, 2.05) is 16.7 Å². The summed E-state index contributed by atoms with van der Waals surface area (Å²) in [6.45, 7) is 5.14. The van der Waals surface area contributed by atoms with Crippen LogP contribution in [-0.2, 0) is 14.4 Å². The molecule has 4 rings (SSSR count). The number of likely N-dealkylation sites (tertiary alicyclic amines) is 2. The number of amides is 3. The predicted molar refractivity (Wildman–Crippen MR) is 117 cm³/mol. The van der Waals surface area contributed by atoms with E-state index in [-0.39, 0.29) is 36.2 Å². The molecular weight excluding hydrogens is 410 g/mol. The molecule has 172 valence electrons. The zero-order valence-corrected chi connectivity index (χ0v) is 18.7. The van der Waals surface area contributed by atoms with E-state index in [0.717, 1.165) is 55.3 Å². The Morgan fingerprint density at radius 3 is 2.00 bits per heavy atom. The number of nitrogens with one attached hydrogen (secondary N) is 3. The molecule has 0 radical (unpaired) electrons. The van der Waals surface area contributed by atoms with Gasteiger partial charge in [-0.05, 0) is 25.7 Å². The molecule has 0 unspecified atom stereocenters. The lowest BCUT2D eigenvalue weighted by atomic mass is 10.2. The van der Waals surface area contributed by atoms with Crippen LogP contribution in [-0.4, -0.2) is 67.1 Å². The lowest BCUT2D eigenvalue weighted by molar-refractivity contribution is -0.133. The second-order valence-corrected chi connectivity index (χ2v) is 8.44. The number of carbonyl (C=O) groups is 3. The molecule has 10 nitrogen and oxygen atoms in total. The van der Waals surface area contributed by atoms with E-state index < -0.39 is 0 Å². The molecule has 0 saturated carbocycles. The molecular formula is C22H31N7O3. The largest absolute Gasteiger partial charge is 0.356 e. The lowest BCUT2D eigenvalue weighted by Crippen LogP contribution is -2.34. The fraction of sp³-hybridized carbons (Fsp3) is 0.591. The van der Waals surface area contributed by atoms with Crippen LogP contribution in [0.2, 0.25) is 0 Å². The summed E-state index contributed by atoms with van der Waals surface area (Å²) < 4.78 is 0. The Bertz CT molecular complexity index is 982. The van der Waals surface area contributed by atoms with Crippen molar-refractivity contribution >= 4 is 17.7 Å². The van der Waals surface area contributed by atoms with E-state index in [2.05, 4.69) is 25.3 Å². The maximum Gasteiger partial charge on any atom is 0.224 e. The maximum atomic E-state index is 12.6. The van der Waals surface area contributed by atoms with Crippen LogP contribution >= 0.6 is 0 Å². The number of hydrogen-bond acceptors (Lipinski definition) is 5. The first-order valence-electron chi connectivity index (χ1n) is 11.4. The summed E-state index contributed by atoms with van der Waals surface area (Å²) in [5, 5.41) is 2.67. The van der Waals surface area contributed by atoms with Gasteiger partial charge in [0.2, 0.25) is 17.7 Å². The van der Waals surface area contributed by atoms with Gasteiger partial charge in [-0.2, -0.15) is 0 Å². The average Bonchev–Trinajstić information content (AvgIpc) is 3.56. The zero-order valence-electron chi connectivity index (χ0n) is 18.7. The Labute approximate surface area is 187 Å². The van der Waals surface area contributed by atoms with Gasteiger partial charge in [-0.15, -0.1) is 0 Å². The second-order valence-electron chi connectivity index (χ2n) is 8.44. The topological polar surface area (TPSA) is 127 Å². The van der Waals surface area contributed by atoms with Crippen molar-refractivity contribution in [1.29, 1.82) is 0 Å². The van der Waals surface area contributed by atoms with Gasteiger partial charge < -0.3 is 25.1 Å². The van der Waals surface area contributed by atoms with Crippen molar-refractivity contribution in [3.8, 4) is 11.4 Å². The van der Waals surface area contributed by atoms with Crippen LogP contribution in [0.3, 0.4) is 0 Å². The Morgan fingerprint density at radius 2 is 1.50 bits per heavy atom. The van der Waals surface area contributed by atoms with Gasteiger partial charge in [-0.25, -0.2) is 9.97 Å². The first kappa shape index (κ1) is 22.0. The van der Waals surface area contributed by atoms with Gasteiger partial charge in [0, 0.05) is 39.4 Å². The van der Waals surface area contributed by atoms with E-state index in [1.165, 1.54) is 6.92 Å². The summed E-state index contributed by atoms with van der Waals surface area (Å²) in [6.07, 6.45) is 7.96. The number of rotatable bonds is 7. The number of aromatic nitrogens is 4. The van der Waals surface area contributed by atoms with Gasteiger partial charge in [0.1, 0.15) is 11.6 Å². The summed E-state index contributed by atoms with van der Waals surface area (Å²) in [5.41, 5.74) is 1.62. The molecule has 10 heteroatoms. The van der Waals surface area contributed by atoms with E-state index in [0.29, 0.717) is 19.5 Å². The number of nitrogens with zero attached hydrogens (tertiary/aromatic N) is 4. The number of hydrogen-bond donors (Lipinski definition) is 3. The van der Waals surface area contributed by atoms with Crippen molar-refractivity contribution in [2.75, 3.05) is 19.6 Å². The Balaban J connectivity index is 1.44. The average molecular weight is 442 g/mol. The van der Waals surface area contributed by atoms with Crippen molar-refractivity contribution in [3.05, 3.63) is 24.0 Å². The van der Waals surface area contributed by atoms with Gasteiger partial charge in [0.05, 0.1) is 35.9 Å². The van der Waals surface area contributed by atoms with Crippen LogP contribution in [0.5, 0.6) is 0 Å². The molecule has 2 aliphatic rings. The summed E-state index contributed by atoms with van der Waals surface area (Å²) in [6, 6.07) is -0.103. The third kappa shape index (κ3) is 4.53. The zero-order chi connectivity index (χ0) is 22.7. The molecule has 3 N–H and O–H groups in total. The molecule has 0 spiro atoms. The number of imidazole rings is 2. The standard InChI is InChI=1S/C22H31N7O3/c1-3-19(31)28-10-4-6-17(28)21-24-12-15(26-21)16-13-25-22(27-16)18-7-5-11-29(18)20(32)8-9-23-14(2)30/h12-13,17-18H,3-11H2,1-2H3,(H,23,30)(H,24,26)(H,25,27)/t17-,18-/m0/s1. The summed E-state index contributed by atoms with van der Waals surface area (Å²) in [4.78, 5) is 55.5. The van der Waals surface area contributed by atoms with Crippen molar-refractivity contribution in [2.45, 2.75) is 64.5 Å². The number of H-pyrrole nitrogens is 2. The molecule has 0 bridgehead atoms. The Kier molecular flexibility index (Phi) is 6.57. The second kappa shape index (κ2) is 9.54. The first-order chi connectivity index (χ1) is 15.5. The number of carbonyl (C=O) groups excluding carboxylic acids is 3. The molecule has 4 heterocycles. The third-order valence-electron chi connectivity index (χ3n) is 6.27. The summed E-state index contributed by atoms with van der Waals surface area (Å²) >= 11 is 0. The third-order valence-corrected chi connectivity index (χ3v) is 6.27. The van der Waals surface area contributed by atoms with Crippen LogP contribution in [0.1, 0.15) is 76.1 Å². The van der Waals surface area contributed by atoms with E-state index in [4.69, 9.17) is 0 Å². The van der Waals surface area contributed by atoms with Gasteiger partial charge in [0.15, 0.2) is 0 Å². The molecule has 2 aliphatic heterocycles. The van der Waals surface area contributed by atoms with Gasteiger partial charge in [-0.3, -0.25) is 14.4 Å². The molecule has 3 amide bonds. The minimum absolute atomic E-state index is 0.00912. The highest BCUT2D eigenvalue weighted by atomic mass is 16.2. The maximum absolute atomic E-state index is 12.6. The lowest BCUT2D eigenvalue weighted by Gasteiger charge is -2.23. The minimum Gasteiger partial charge on any atom is -0.356 e. The molecule has 0 aromatic carbocycles. The smallest absolute Gasteiger partial charge is 0.224 e. The summed E-state index contributed by atoms with van der Waals surface area (Å²) in [7, 11) is 0. The van der Waals surface area contributed by atoms with E-state index >= 15 is 0 Å². The fourth-order valence-electron chi connectivity index (χ4n) is 4.68. The van der Waals surface area contributed by atoms with Crippen molar-refractivity contribution < 1.29 is 14.4 Å². The highest BCUT2D eigenvalue weighted by Gasteiger charge is 2.33. The molecule has 32 heavy (non-hydrogen) atoms. The highest BCUT2D eigenvalue weighted by Crippen LogP contribution is 2.33. The monoisotopic (exact) mass is 441 g/mol. The van der Waals surface area contributed by atoms with Crippen LogP contribution in [0, 0.1) is 0 Å². The normalized spacial score (nSPS) is 20.7. The predicted octanol–water partition coefficient (Wildman–Crippen LogP) is 2.06. The minimum atomic E-state index is -0.134. The van der Waals surface area contributed by atoms with Crippen LogP contribution < -0.4 is 5.32 Å². The molecule has 2 atom stereocenters. The molecule has 0 aliphatic carbocycles. The fourth-order valence-corrected chi connectivity index (χ4v) is 4.68. The SMILES string of the molecule is CCC(=O)N1CCC[C@H]1c1ncc(-c2cnc([C@@H]3CCCN3C(=O)CCNC(C)=O)[nH]2)[nH]1. The molecule has 2 aromatic rings. The van der Waals surface area contributed by atoms with Gasteiger partial charge in [0.25, 0.3) is 0 Å². The van der Waals surface area contributed by atoms with E-state index in [9.17, 15) is 14.4 Å². The first-order valence-corrected chi connectivity index (χ1v) is 11.4. The van der Waals surface area contributed by atoms with Crippen molar-refractivity contribution in [1.82, 2.24) is 35.1 Å². The molecule has 2 saturated heterocycles. The van der Waals surface area contributed by atoms with Crippen molar-refractivity contribution in [2.24, 2.45) is 0 Å². The Hall–Kier alpha value is -3.17. The van der Waals surface area contributed by atoms with Crippen molar-refractivity contribution in [3.63, 3.8) is 0 Å². The Morgan fingerprint density at radius 1 is 0.969 bits per heavy atom. The number of aromatic amines is 2. The van der Waals surface area contributed by atoms with E-state index in [1.54, 1.807) is 12.4 Å².